The molecule has 0 unspecified atom stereocenters. The van der Waals surface area contributed by atoms with Gasteiger partial charge in [0, 0.05) is 32.3 Å². The van der Waals surface area contributed by atoms with Gasteiger partial charge in [0.25, 0.3) is 0 Å². The van der Waals surface area contributed by atoms with Crippen LogP contribution in [0.4, 0.5) is 18.2 Å². The Kier molecular flexibility index (Phi) is 4.25. The van der Waals surface area contributed by atoms with Crippen LogP contribution < -0.4 is 4.90 Å². The van der Waals surface area contributed by atoms with Gasteiger partial charge in [0.2, 0.25) is 0 Å². The first-order valence-corrected chi connectivity index (χ1v) is 8.30. The highest BCUT2D eigenvalue weighted by atomic mass is 32.1. The zero-order valence-corrected chi connectivity index (χ0v) is 14.1. The molecule has 1 aliphatic rings. The zero-order chi connectivity index (χ0) is 17.5. The maximum Gasteiger partial charge on any atom is 0.434 e. The van der Waals surface area contributed by atoms with Crippen LogP contribution in [-0.4, -0.2) is 27.0 Å². The van der Waals surface area contributed by atoms with E-state index in [1.54, 1.807) is 14.0 Å². The van der Waals surface area contributed by atoms with Crippen molar-refractivity contribution in [3.63, 3.8) is 0 Å². The summed E-state index contributed by atoms with van der Waals surface area (Å²) in [4.78, 5) is 5.86. The van der Waals surface area contributed by atoms with E-state index >= 15 is 0 Å². The van der Waals surface area contributed by atoms with Gasteiger partial charge < -0.3 is 9.47 Å². The van der Waals surface area contributed by atoms with E-state index in [4.69, 9.17) is 0 Å². The molecule has 1 aliphatic heterocycles. The maximum absolute atomic E-state index is 12.9. The van der Waals surface area contributed by atoms with Gasteiger partial charge in [-0.1, -0.05) is 0 Å². The minimum Gasteiger partial charge on any atom is -0.360 e. The molecule has 0 bridgehead atoms. The number of hydrogen-bond donors (Lipinski definition) is 0. The van der Waals surface area contributed by atoms with Gasteiger partial charge in [-0.15, -0.1) is 0 Å². The summed E-state index contributed by atoms with van der Waals surface area (Å²) < 4.78 is 44.3. The number of aryl methyl sites for hydroxylation is 2. The summed E-state index contributed by atoms with van der Waals surface area (Å²) in [5.74, 6) is 0.334. The molecule has 9 heteroatoms. The van der Waals surface area contributed by atoms with Crippen molar-refractivity contribution in [1.29, 1.82) is 5.26 Å². The molecule has 2 aromatic rings. The summed E-state index contributed by atoms with van der Waals surface area (Å²) in [7, 11) is 1.59. The van der Waals surface area contributed by atoms with Crippen molar-refractivity contribution in [3.8, 4) is 6.07 Å². The fraction of sp³-hybridized carbons (Fsp3) is 0.533. The summed E-state index contributed by atoms with van der Waals surface area (Å²) in [6.45, 7) is 3.09. The molecular weight excluding hydrogens is 339 g/mol. The monoisotopic (exact) mass is 355 g/mol. The minimum absolute atomic E-state index is 0.103. The lowest BCUT2D eigenvalue weighted by Crippen LogP contribution is -2.35. The molecule has 0 amide bonds. The van der Waals surface area contributed by atoms with E-state index in [0.29, 0.717) is 23.6 Å². The number of piperidine rings is 1. The molecule has 24 heavy (non-hydrogen) atoms. The number of aromatic nitrogens is 3. The third-order valence-corrected chi connectivity index (χ3v) is 5.23. The van der Waals surface area contributed by atoms with E-state index in [0.717, 1.165) is 30.6 Å². The average Bonchev–Trinajstić information content (AvgIpc) is 3.10. The average molecular weight is 355 g/mol. The van der Waals surface area contributed by atoms with Crippen molar-refractivity contribution < 1.29 is 13.2 Å². The van der Waals surface area contributed by atoms with Gasteiger partial charge in [0.15, 0.2) is 5.69 Å². The fourth-order valence-corrected chi connectivity index (χ4v) is 3.95. The molecule has 3 rings (SSSR count). The molecule has 0 saturated carbocycles. The molecule has 0 spiro atoms. The Balaban J connectivity index is 1.86. The normalized spacial score (nSPS) is 18.7. The van der Waals surface area contributed by atoms with Crippen LogP contribution in [0.5, 0.6) is 0 Å². The highest BCUT2D eigenvalue weighted by molar-refractivity contribution is 7.10. The molecule has 0 aromatic carbocycles. The lowest BCUT2D eigenvalue weighted by atomic mass is 9.97. The lowest BCUT2D eigenvalue weighted by Gasteiger charge is -2.33. The molecule has 1 saturated heterocycles. The molecule has 1 atom stereocenters. The Hall–Kier alpha value is -2.08. The van der Waals surface area contributed by atoms with Crippen LogP contribution in [0.15, 0.2) is 6.20 Å². The number of alkyl halides is 3. The second-order valence-corrected chi connectivity index (χ2v) is 6.69. The first-order valence-electron chi connectivity index (χ1n) is 7.53. The van der Waals surface area contributed by atoms with Gasteiger partial charge >= 0.3 is 6.18 Å². The smallest absolute Gasteiger partial charge is 0.360 e. The van der Waals surface area contributed by atoms with E-state index in [9.17, 15) is 18.4 Å². The zero-order valence-electron chi connectivity index (χ0n) is 13.3. The number of rotatable bonds is 2. The van der Waals surface area contributed by atoms with Crippen molar-refractivity contribution >= 4 is 16.5 Å². The van der Waals surface area contributed by atoms with Gasteiger partial charge in [-0.2, -0.15) is 22.8 Å². The van der Waals surface area contributed by atoms with E-state index in [1.165, 1.54) is 16.1 Å². The highest BCUT2D eigenvalue weighted by Gasteiger charge is 2.36. The van der Waals surface area contributed by atoms with Crippen LogP contribution in [0.3, 0.4) is 0 Å². The van der Waals surface area contributed by atoms with Crippen LogP contribution >= 0.6 is 11.5 Å². The summed E-state index contributed by atoms with van der Waals surface area (Å²) in [5.41, 5.74) is 0.385. The summed E-state index contributed by atoms with van der Waals surface area (Å²) in [5, 5.41) is 10.1. The molecule has 0 N–H and O–H groups in total. The van der Waals surface area contributed by atoms with Gasteiger partial charge in [0.1, 0.15) is 22.5 Å². The SMILES string of the molecule is Cc1nsc(N2CCC[C@H](c3nc(C(F)(F)F)cn3C)C2)c1C#N. The maximum atomic E-state index is 12.9. The van der Waals surface area contributed by atoms with E-state index < -0.39 is 11.9 Å². The van der Waals surface area contributed by atoms with E-state index in [1.807, 2.05) is 4.90 Å². The van der Waals surface area contributed by atoms with E-state index in [2.05, 4.69) is 15.4 Å². The first-order chi connectivity index (χ1) is 11.3. The van der Waals surface area contributed by atoms with Gasteiger partial charge in [-0.05, 0) is 31.3 Å². The van der Waals surface area contributed by atoms with Crippen LogP contribution in [0.1, 0.15) is 41.5 Å². The largest absolute Gasteiger partial charge is 0.434 e. The molecule has 3 heterocycles. The van der Waals surface area contributed by atoms with E-state index in [-0.39, 0.29) is 5.92 Å². The minimum atomic E-state index is -4.44. The lowest BCUT2D eigenvalue weighted by molar-refractivity contribution is -0.141. The van der Waals surface area contributed by atoms with Crippen molar-refractivity contribution in [3.05, 3.63) is 29.0 Å². The Bertz CT molecular complexity index is 786. The van der Waals surface area contributed by atoms with Crippen molar-refractivity contribution in [1.82, 2.24) is 13.9 Å². The number of nitriles is 1. The predicted molar refractivity (Wildman–Crippen MR) is 84.0 cm³/mol. The number of anilines is 1. The number of halogens is 3. The summed E-state index contributed by atoms with van der Waals surface area (Å²) in [6, 6.07) is 2.17. The second kappa shape index (κ2) is 6.09. The predicted octanol–water partition coefficient (Wildman–Crippen LogP) is 3.46. The van der Waals surface area contributed by atoms with Crippen molar-refractivity contribution in [2.24, 2.45) is 7.05 Å². The number of nitrogens with zero attached hydrogens (tertiary/aromatic N) is 5. The molecule has 128 valence electrons. The van der Waals surface area contributed by atoms with Crippen LogP contribution in [-0.2, 0) is 13.2 Å². The van der Waals surface area contributed by atoms with Gasteiger partial charge in [-0.25, -0.2) is 4.98 Å². The van der Waals surface area contributed by atoms with Crippen molar-refractivity contribution in [2.45, 2.75) is 31.9 Å². The molecule has 1 fully saturated rings. The quantitative estimate of drug-likeness (QED) is 0.828. The van der Waals surface area contributed by atoms with Gasteiger partial charge in [-0.3, -0.25) is 0 Å². The van der Waals surface area contributed by atoms with Crippen LogP contribution in [0.25, 0.3) is 0 Å². The van der Waals surface area contributed by atoms with Crippen LogP contribution in [0, 0.1) is 18.3 Å². The summed E-state index contributed by atoms with van der Waals surface area (Å²) in [6.07, 6.45) is -1.79. The Morgan fingerprint density at radius 2 is 2.17 bits per heavy atom. The molecule has 0 radical (unpaired) electrons. The Labute approximate surface area is 141 Å². The molecule has 5 nitrogen and oxygen atoms in total. The Morgan fingerprint density at radius 1 is 1.42 bits per heavy atom. The molecular formula is C15H16F3N5S. The Morgan fingerprint density at radius 3 is 2.79 bits per heavy atom. The number of imidazole rings is 1. The van der Waals surface area contributed by atoms with Crippen molar-refractivity contribution in [2.75, 3.05) is 18.0 Å². The molecule has 0 aliphatic carbocycles. The topological polar surface area (TPSA) is 57.7 Å². The van der Waals surface area contributed by atoms with Gasteiger partial charge in [0.05, 0.1) is 5.69 Å². The highest BCUT2D eigenvalue weighted by Crippen LogP contribution is 2.36. The standard InChI is InChI=1S/C15H16F3N5S/c1-9-11(6-19)14(24-21-9)23-5-3-4-10(7-23)13-20-12(8-22(13)2)15(16,17)18/h8,10H,3-5,7H2,1-2H3/t10-/m0/s1. The third kappa shape index (κ3) is 2.98. The van der Waals surface area contributed by atoms with Crippen LogP contribution in [0.2, 0.25) is 0 Å². The fourth-order valence-electron chi connectivity index (χ4n) is 3.07. The third-order valence-electron chi connectivity index (χ3n) is 4.23. The second-order valence-electron chi connectivity index (χ2n) is 5.94. The summed E-state index contributed by atoms with van der Waals surface area (Å²) >= 11 is 1.26. The molecule has 2 aromatic heterocycles. The first kappa shape index (κ1) is 16.8. The number of hydrogen-bond acceptors (Lipinski definition) is 5.